The number of carbonyl (C=O) groups excluding carboxylic acids is 2. The minimum atomic E-state index is -3.90. The third-order valence-corrected chi connectivity index (χ3v) is 4.53. The Bertz CT molecular complexity index is 381. The van der Waals surface area contributed by atoms with Gasteiger partial charge in [0.15, 0.2) is 5.66 Å². The summed E-state index contributed by atoms with van der Waals surface area (Å²) in [5.74, 6) is -1.81. The number of esters is 2. The molecule has 110 valence electrons. The molecular formula is C11H19O7P. The smallest absolute Gasteiger partial charge is 0.349 e. The first-order chi connectivity index (χ1) is 8.87. The van der Waals surface area contributed by atoms with Gasteiger partial charge in [0.25, 0.3) is 0 Å². The third kappa shape index (κ3) is 4.45. The first-order valence-electron chi connectivity index (χ1n) is 5.61. The van der Waals surface area contributed by atoms with Gasteiger partial charge in [0.2, 0.25) is 0 Å². The summed E-state index contributed by atoms with van der Waals surface area (Å²) in [5, 5.41) is 0. The number of methoxy groups -OCH3 is 2. The van der Waals surface area contributed by atoms with Gasteiger partial charge >= 0.3 is 19.5 Å². The van der Waals surface area contributed by atoms with Crippen LogP contribution in [-0.2, 0) is 32.7 Å². The van der Waals surface area contributed by atoms with Crippen LogP contribution in [0.4, 0.5) is 0 Å². The fraction of sp³-hybridized carbons (Fsp3) is 0.636. The van der Waals surface area contributed by atoms with Crippen molar-refractivity contribution < 1.29 is 32.7 Å². The maximum atomic E-state index is 12.6. The van der Waals surface area contributed by atoms with E-state index in [2.05, 4.69) is 16.1 Å². The molecule has 0 aliphatic carbocycles. The fourth-order valence-electron chi connectivity index (χ4n) is 1.36. The quantitative estimate of drug-likeness (QED) is 0.381. The number of carbonyl (C=O) groups is 2. The standard InChI is InChI=1S/C11H19O7P/c1-6-17-19(14,18-7-2)9(11(13)16-5)8(3)10(12)15-4/h9H,3,6-7H2,1-2,4-5H3. The van der Waals surface area contributed by atoms with Crippen LogP contribution in [0.15, 0.2) is 12.2 Å². The molecule has 0 aromatic carbocycles. The van der Waals surface area contributed by atoms with Crippen LogP contribution in [0.5, 0.6) is 0 Å². The lowest BCUT2D eigenvalue weighted by molar-refractivity contribution is -0.143. The minimum Gasteiger partial charge on any atom is -0.468 e. The normalized spacial score (nSPS) is 12.6. The molecule has 0 N–H and O–H groups in total. The van der Waals surface area contributed by atoms with E-state index in [0.29, 0.717) is 0 Å². The molecule has 1 unspecified atom stereocenters. The van der Waals surface area contributed by atoms with Gasteiger partial charge in [-0.25, -0.2) is 4.79 Å². The van der Waals surface area contributed by atoms with Crippen LogP contribution in [-0.4, -0.2) is 45.0 Å². The molecule has 0 amide bonds. The van der Waals surface area contributed by atoms with Crippen molar-refractivity contribution in [2.24, 2.45) is 0 Å². The number of hydrogen-bond acceptors (Lipinski definition) is 7. The highest BCUT2D eigenvalue weighted by molar-refractivity contribution is 7.56. The topological polar surface area (TPSA) is 88.1 Å². The maximum absolute atomic E-state index is 12.6. The van der Waals surface area contributed by atoms with Gasteiger partial charge in [-0.3, -0.25) is 9.36 Å². The van der Waals surface area contributed by atoms with Gasteiger partial charge in [-0.1, -0.05) is 6.58 Å². The summed E-state index contributed by atoms with van der Waals surface area (Å²) < 4.78 is 31.6. The summed E-state index contributed by atoms with van der Waals surface area (Å²) in [4.78, 5) is 23.2. The highest BCUT2D eigenvalue weighted by atomic mass is 31.2. The second-order valence-corrected chi connectivity index (χ2v) is 5.43. The van der Waals surface area contributed by atoms with Crippen molar-refractivity contribution >= 4 is 19.5 Å². The monoisotopic (exact) mass is 294 g/mol. The van der Waals surface area contributed by atoms with Crippen LogP contribution >= 0.6 is 7.60 Å². The molecule has 0 rings (SSSR count). The molecule has 0 bridgehead atoms. The van der Waals surface area contributed by atoms with E-state index in [-0.39, 0.29) is 18.8 Å². The van der Waals surface area contributed by atoms with Crippen LogP contribution in [0.1, 0.15) is 13.8 Å². The Morgan fingerprint density at radius 2 is 1.58 bits per heavy atom. The molecule has 7 nitrogen and oxygen atoms in total. The predicted molar refractivity (Wildman–Crippen MR) is 67.8 cm³/mol. The third-order valence-electron chi connectivity index (χ3n) is 2.14. The van der Waals surface area contributed by atoms with Crippen LogP contribution in [0.25, 0.3) is 0 Å². The molecule has 1 atom stereocenters. The molecular weight excluding hydrogens is 275 g/mol. The average molecular weight is 294 g/mol. The molecule has 19 heavy (non-hydrogen) atoms. The second kappa shape index (κ2) is 8.09. The van der Waals surface area contributed by atoms with Crippen LogP contribution < -0.4 is 0 Å². The van der Waals surface area contributed by atoms with Crippen molar-refractivity contribution in [1.82, 2.24) is 0 Å². The Morgan fingerprint density at radius 3 is 1.89 bits per heavy atom. The Labute approximate surface area is 112 Å². The summed E-state index contributed by atoms with van der Waals surface area (Å²) in [7, 11) is -1.68. The van der Waals surface area contributed by atoms with E-state index in [4.69, 9.17) is 9.05 Å². The summed E-state index contributed by atoms with van der Waals surface area (Å²) in [6, 6.07) is 0. The summed E-state index contributed by atoms with van der Waals surface area (Å²) >= 11 is 0. The lowest BCUT2D eigenvalue weighted by Gasteiger charge is -2.24. The van der Waals surface area contributed by atoms with E-state index in [1.165, 1.54) is 0 Å². The van der Waals surface area contributed by atoms with Crippen LogP contribution in [0.3, 0.4) is 0 Å². The van der Waals surface area contributed by atoms with Gasteiger partial charge in [-0.15, -0.1) is 0 Å². The van der Waals surface area contributed by atoms with Crippen molar-refractivity contribution in [2.75, 3.05) is 27.4 Å². The first-order valence-corrected chi connectivity index (χ1v) is 7.22. The Morgan fingerprint density at radius 1 is 1.11 bits per heavy atom. The highest BCUT2D eigenvalue weighted by Gasteiger charge is 2.46. The summed E-state index contributed by atoms with van der Waals surface area (Å²) in [6.07, 6.45) is 0. The van der Waals surface area contributed by atoms with Crippen LogP contribution in [0, 0.1) is 0 Å². The fourth-order valence-corrected chi connectivity index (χ4v) is 3.31. The molecule has 8 heteroatoms. The number of rotatable bonds is 8. The molecule has 0 heterocycles. The van der Waals surface area contributed by atoms with E-state index in [0.717, 1.165) is 14.2 Å². The van der Waals surface area contributed by atoms with E-state index in [1.54, 1.807) is 13.8 Å². The minimum absolute atomic E-state index is 0.0409. The molecule has 0 fully saturated rings. The lowest BCUT2D eigenvalue weighted by Crippen LogP contribution is -2.30. The van der Waals surface area contributed by atoms with Crippen LogP contribution in [0.2, 0.25) is 0 Å². The number of hydrogen-bond donors (Lipinski definition) is 0. The first kappa shape index (κ1) is 17.8. The van der Waals surface area contributed by atoms with E-state index in [9.17, 15) is 14.2 Å². The van der Waals surface area contributed by atoms with Gasteiger partial charge in [0.1, 0.15) is 0 Å². The number of ether oxygens (including phenoxy) is 2. The van der Waals surface area contributed by atoms with E-state index >= 15 is 0 Å². The van der Waals surface area contributed by atoms with Crippen molar-refractivity contribution in [1.29, 1.82) is 0 Å². The van der Waals surface area contributed by atoms with Crippen molar-refractivity contribution in [2.45, 2.75) is 19.5 Å². The van der Waals surface area contributed by atoms with Gasteiger partial charge in [-0.05, 0) is 13.8 Å². The summed E-state index contributed by atoms with van der Waals surface area (Å²) in [5.41, 5.74) is -1.87. The van der Waals surface area contributed by atoms with Gasteiger partial charge in [-0.2, -0.15) is 0 Å². The van der Waals surface area contributed by atoms with Gasteiger partial charge < -0.3 is 18.5 Å². The second-order valence-electron chi connectivity index (χ2n) is 3.32. The predicted octanol–water partition coefficient (Wildman–Crippen LogP) is 1.52. The van der Waals surface area contributed by atoms with Crippen molar-refractivity contribution in [3.63, 3.8) is 0 Å². The Balaban J connectivity index is 5.55. The molecule has 0 aromatic rings. The zero-order valence-corrected chi connectivity index (χ0v) is 12.4. The van der Waals surface area contributed by atoms with E-state index in [1.807, 2.05) is 0 Å². The highest BCUT2D eigenvalue weighted by Crippen LogP contribution is 2.55. The zero-order chi connectivity index (χ0) is 15.1. The maximum Gasteiger partial charge on any atom is 0.349 e. The lowest BCUT2D eigenvalue weighted by atomic mass is 10.2. The summed E-state index contributed by atoms with van der Waals surface area (Å²) in [6.45, 7) is 6.67. The molecule has 0 aliphatic heterocycles. The van der Waals surface area contributed by atoms with Gasteiger partial charge in [0.05, 0.1) is 33.0 Å². The molecule has 0 aliphatic rings. The molecule has 0 aromatic heterocycles. The largest absolute Gasteiger partial charge is 0.468 e. The average Bonchev–Trinajstić information content (AvgIpc) is 2.37. The zero-order valence-electron chi connectivity index (χ0n) is 11.5. The molecule has 0 spiro atoms. The van der Waals surface area contributed by atoms with Crippen molar-refractivity contribution in [3.8, 4) is 0 Å². The molecule has 0 saturated heterocycles. The SMILES string of the molecule is C=C(C(=O)OC)C(C(=O)OC)P(=O)(OCC)OCC. The van der Waals surface area contributed by atoms with Gasteiger partial charge in [0, 0.05) is 0 Å². The Hall–Kier alpha value is -1.17. The van der Waals surface area contributed by atoms with Crippen molar-refractivity contribution in [3.05, 3.63) is 12.2 Å². The molecule has 0 saturated carbocycles. The van der Waals surface area contributed by atoms with E-state index < -0.39 is 25.2 Å². The molecule has 0 radical (unpaired) electrons. The Kier molecular flexibility index (Phi) is 7.59.